The minimum absolute atomic E-state index is 0.0897. The molecule has 10 N–H and O–H groups in total. The molecule has 0 aliphatic carbocycles. The number of nitrogens with zero attached hydrogens (tertiary/aromatic N) is 4. The fourth-order valence-electron chi connectivity index (χ4n) is 0.727. The molecule has 13 heteroatoms. The van der Waals surface area contributed by atoms with E-state index in [-0.39, 0.29) is 11.9 Å². The second-order valence-corrected chi connectivity index (χ2v) is 4.24. The number of hydrogen-bond acceptors (Lipinski definition) is 6. The van der Waals surface area contributed by atoms with E-state index in [1.54, 1.807) is 13.8 Å². The van der Waals surface area contributed by atoms with Crippen LogP contribution >= 0.6 is 0 Å². The molecule has 0 aromatic heterocycles. The summed E-state index contributed by atoms with van der Waals surface area (Å²) >= 11 is 0. The number of rotatable bonds is 4. The van der Waals surface area contributed by atoms with Gasteiger partial charge >= 0.3 is 10.4 Å². The monoisotopic (exact) mass is 310 g/mol. The summed E-state index contributed by atoms with van der Waals surface area (Å²) in [6.45, 7) is 3.53. The van der Waals surface area contributed by atoms with E-state index in [9.17, 15) is 0 Å². The van der Waals surface area contributed by atoms with Crippen molar-refractivity contribution in [2.24, 2.45) is 43.3 Å². The third-order valence-corrected chi connectivity index (χ3v) is 1.18. The predicted octanol–water partition coefficient (Wildman–Crippen LogP) is -1.98. The van der Waals surface area contributed by atoms with Gasteiger partial charge in [0.05, 0.1) is 0 Å². The van der Waals surface area contributed by atoms with Crippen molar-refractivity contribution in [3.8, 4) is 0 Å². The lowest BCUT2D eigenvalue weighted by atomic mass is 10.2. The Hall–Kier alpha value is -2.25. The lowest BCUT2D eigenvalue weighted by Crippen LogP contribution is -2.22. The van der Waals surface area contributed by atoms with Gasteiger partial charge in [-0.3, -0.25) is 9.11 Å². The van der Waals surface area contributed by atoms with Crippen molar-refractivity contribution >= 4 is 33.7 Å². The molecule has 116 valence electrons. The van der Waals surface area contributed by atoms with E-state index in [4.69, 9.17) is 40.5 Å². The molecular formula is C7H18N8O4S. The van der Waals surface area contributed by atoms with Gasteiger partial charge in [-0.05, 0) is 13.8 Å². The quantitative estimate of drug-likeness (QED) is 0.147. The minimum atomic E-state index is -4.67. The van der Waals surface area contributed by atoms with Crippen molar-refractivity contribution in [3.05, 3.63) is 0 Å². The third-order valence-electron chi connectivity index (χ3n) is 1.18. The topological polar surface area (TPSA) is 228 Å². The maximum absolute atomic E-state index is 8.74. The lowest BCUT2D eigenvalue weighted by molar-refractivity contribution is 0.381. The minimum Gasteiger partial charge on any atom is -0.369 e. The highest BCUT2D eigenvalue weighted by molar-refractivity contribution is 7.79. The van der Waals surface area contributed by atoms with Crippen LogP contribution < -0.4 is 22.9 Å². The molecule has 0 aliphatic heterocycles. The molecule has 0 radical (unpaired) electrons. The fraction of sp³-hybridized carbons (Fsp3) is 0.429. The molecule has 0 amide bonds. The highest BCUT2D eigenvalue weighted by Crippen LogP contribution is 1.92. The first kappa shape index (κ1) is 20.1. The number of guanidine groups is 2. The van der Waals surface area contributed by atoms with E-state index in [2.05, 4.69) is 20.4 Å². The van der Waals surface area contributed by atoms with Gasteiger partial charge in [0.25, 0.3) is 0 Å². The Balaban J connectivity index is 0. The maximum atomic E-state index is 8.74. The molecule has 0 aromatic rings. The van der Waals surface area contributed by atoms with Crippen LogP contribution in [0.4, 0.5) is 0 Å². The molecule has 12 nitrogen and oxygen atoms in total. The molecular weight excluding hydrogens is 292 g/mol. The van der Waals surface area contributed by atoms with Crippen LogP contribution in [-0.4, -0.2) is 40.9 Å². The van der Waals surface area contributed by atoms with Gasteiger partial charge in [0.15, 0.2) is 0 Å². The molecule has 0 atom stereocenters. The van der Waals surface area contributed by atoms with E-state index in [1.165, 1.54) is 0 Å². The average Bonchev–Trinajstić information content (AvgIpc) is 2.21. The third kappa shape index (κ3) is 24.8. The Kier molecular flexibility index (Phi) is 9.69. The van der Waals surface area contributed by atoms with Gasteiger partial charge in [-0.15, -0.1) is 10.2 Å². The first-order valence-corrected chi connectivity index (χ1v) is 6.25. The van der Waals surface area contributed by atoms with E-state index >= 15 is 0 Å². The summed E-state index contributed by atoms with van der Waals surface area (Å²) in [6, 6.07) is 0. The van der Waals surface area contributed by atoms with Gasteiger partial charge in [0, 0.05) is 17.8 Å². The van der Waals surface area contributed by atoms with E-state index in [1.807, 2.05) is 0 Å². The van der Waals surface area contributed by atoms with Crippen LogP contribution in [0.1, 0.15) is 20.3 Å². The summed E-state index contributed by atoms with van der Waals surface area (Å²) in [5, 5.41) is 14.5. The zero-order valence-electron chi connectivity index (χ0n) is 10.9. The zero-order valence-corrected chi connectivity index (χ0v) is 11.7. The van der Waals surface area contributed by atoms with Crippen molar-refractivity contribution < 1.29 is 17.5 Å². The Labute approximate surface area is 115 Å². The van der Waals surface area contributed by atoms with Crippen molar-refractivity contribution in [1.29, 1.82) is 0 Å². The summed E-state index contributed by atoms with van der Waals surface area (Å²) in [6.07, 6.45) is 0.494. The van der Waals surface area contributed by atoms with Crippen LogP contribution in [-0.2, 0) is 10.4 Å². The molecule has 0 aromatic carbocycles. The summed E-state index contributed by atoms with van der Waals surface area (Å²) < 4.78 is 31.6. The van der Waals surface area contributed by atoms with Gasteiger partial charge in [0.1, 0.15) is 0 Å². The van der Waals surface area contributed by atoms with Crippen molar-refractivity contribution in [3.63, 3.8) is 0 Å². The first-order chi connectivity index (χ1) is 8.91. The van der Waals surface area contributed by atoms with Gasteiger partial charge in [-0.2, -0.15) is 18.6 Å². The van der Waals surface area contributed by atoms with Crippen molar-refractivity contribution in [2.75, 3.05) is 0 Å². The highest BCUT2D eigenvalue weighted by atomic mass is 32.3. The Morgan fingerprint density at radius 2 is 1.10 bits per heavy atom. The second kappa shape index (κ2) is 9.65. The van der Waals surface area contributed by atoms with Gasteiger partial charge in [-0.1, -0.05) is 0 Å². The largest absolute Gasteiger partial charge is 0.394 e. The van der Waals surface area contributed by atoms with Crippen LogP contribution in [0.15, 0.2) is 20.4 Å². The second-order valence-electron chi connectivity index (χ2n) is 3.34. The summed E-state index contributed by atoms with van der Waals surface area (Å²) in [4.78, 5) is 0. The Morgan fingerprint density at radius 3 is 1.30 bits per heavy atom. The van der Waals surface area contributed by atoms with Crippen molar-refractivity contribution in [2.45, 2.75) is 20.3 Å². The van der Waals surface area contributed by atoms with Crippen LogP contribution in [0.5, 0.6) is 0 Å². The molecule has 0 bridgehead atoms. The fourth-order valence-corrected chi connectivity index (χ4v) is 0.727. The molecule has 0 unspecified atom stereocenters. The van der Waals surface area contributed by atoms with Crippen LogP contribution in [0.25, 0.3) is 0 Å². The standard InChI is InChI=1S/C7H16N8.H2O4S/c1-4(12-14-6(8)9)3-5(2)13-15-7(10)11;1-5(2,3)4/h3H2,1-2H3,(H4,8,9,14)(H4,10,11,15);(H2,1,2,3,4)/b12-4-,13-5-;. The summed E-state index contributed by atoms with van der Waals surface area (Å²) in [5.74, 6) is -0.179. The molecule has 0 aliphatic rings. The first-order valence-electron chi connectivity index (χ1n) is 4.85. The highest BCUT2D eigenvalue weighted by Gasteiger charge is 1.95. The summed E-state index contributed by atoms with van der Waals surface area (Å²) in [7, 11) is -4.67. The van der Waals surface area contributed by atoms with Gasteiger partial charge < -0.3 is 22.9 Å². The molecule has 0 fully saturated rings. The normalized spacial score (nSPS) is 12.0. The Morgan fingerprint density at radius 1 is 0.850 bits per heavy atom. The van der Waals surface area contributed by atoms with Crippen LogP contribution in [0, 0.1) is 0 Å². The maximum Gasteiger partial charge on any atom is 0.394 e. The van der Waals surface area contributed by atoms with E-state index < -0.39 is 10.4 Å². The number of nitrogens with two attached hydrogens (primary N) is 4. The zero-order chi connectivity index (χ0) is 16.3. The van der Waals surface area contributed by atoms with E-state index in [0.29, 0.717) is 17.8 Å². The predicted molar refractivity (Wildman–Crippen MR) is 76.6 cm³/mol. The smallest absolute Gasteiger partial charge is 0.369 e. The van der Waals surface area contributed by atoms with Crippen LogP contribution in [0.3, 0.4) is 0 Å². The van der Waals surface area contributed by atoms with Crippen molar-refractivity contribution in [1.82, 2.24) is 0 Å². The molecule has 20 heavy (non-hydrogen) atoms. The molecule has 0 rings (SSSR count). The molecule has 0 heterocycles. The van der Waals surface area contributed by atoms with Gasteiger partial charge in [0.2, 0.25) is 11.9 Å². The van der Waals surface area contributed by atoms with Crippen LogP contribution in [0.2, 0.25) is 0 Å². The number of hydrogen-bond donors (Lipinski definition) is 6. The average molecular weight is 310 g/mol. The molecule has 0 saturated carbocycles. The summed E-state index contributed by atoms with van der Waals surface area (Å²) in [5.41, 5.74) is 21.8. The molecule has 0 saturated heterocycles. The SMILES string of the molecule is C/C(C/C(C)=N\N=C(N)N)=N/N=C(N)N.O=S(=O)(O)O. The molecule has 0 spiro atoms. The van der Waals surface area contributed by atoms with Gasteiger partial charge in [-0.25, -0.2) is 0 Å². The van der Waals surface area contributed by atoms with E-state index in [0.717, 1.165) is 0 Å². The Bertz CT molecular complexity index is 473. The lowest BCUT2D eigenvalue weighted by Gasteiger charge is -1.96.